The second-order valence-electron chi connectivity index (χ2n) is 4.14. The van der Waals surface area contributed by atoms with Gasteiger partial charge in [-0.3, -0.25) is 4.79 Å². The van der Waals surface area contributed by atoms with Gasteiger partial charge in [-0.15, -0.1) is 11.3 Å². The highest BCUT2D eigenvalue weighted by Crippen LogP contribution is 2.32. The van der Waals surface area contributed by atoms with E-state index in [0.717, 1.165) is 23.2 Å². The van der Waals surface area contributed by atoms with Gasteiger partial charge >= 0.3 is 0 Å². The molecular formula is C13H10INOS. The van der Waals surface area contributed by atoms with E-state index in [0.29, 0.717) is 0 Å². The van der Waals surface area contributed by atoms with Crippen LogP contribution in [0.5, 0.6) is 0 Å². The monoisotopic (exact) mass is 355 g/mol. The molecule has 0 saturated carbocycles. The molecule has 0 fully saturated rings. The largest absolute Gasteiger partial charge is 0.337 e. The minimum absolute atomic E-state index is 0.133. The standard InChI is InChI=1S/C13H10INOS/c1-15-7-9-3-2-8(6-10(9)13(15)16)11-4-5-12(14)17-11/h2-6H,7H2,1H3. The first-order valence-corrected chi connectivity index (χ1v) is 7.19. The molecule has 0 radical (unpaired) electrons. The van der Waals surface area contributed by atoms with Crippen molar-refractivity contribution in [2.24, 2.45) is 0 Å². The number of carbonyl (C=O) groups excluding carboxylic acids is 1. The van der Waals surface area contributed by atoms with Gasteiger partial charge in [-0.25, -0.2) is 0 Å². The van der Waals surface area contributed by atoms with Crippen molar-refractivity contribution in [3.63, 3.8) is 0 Å². The fourth-order valence-corrected chi connectivity index (χ4v) is 3.69. The molecule has 0 saturated heterocycles. The predicted molar refractivity (Wildman–Crippen MR) is 78.3 cm³/mol. The Morgan fingerprint density at radius 3 is 2.82 bits per heavy atom. The molecule has 0 unspecified atom stereocenters. The molecule has 4 heteroatoms. The summed E-state index contributed by atoms with van der Waals surface area (Å²) in [6.45, 7) is 0.733. The summed E-state index contributed by atoms with van der Waals surface area (Å²) in [6.07, 6.45) is 0. The Labute approximate surface area is 117 Å². The van der Waals surface area contributed by atoms with E-state index in [4.69, 9.17) is 0 Å². The lowest BCUT2D eigenvalue weighted by Crippen LogP contribution is -2.17. The van der Waals surface area contributed by atoms with Gasteiger partial charge in [0.25, 0.3) is 5.91 Å². The van der Waals surface area contributed by atoms with Crippen LogP contribution in [-0.2, 0) is 6.54 Å². The topological polar surface area (TPSA) is 20.3 Å². The van der Waals surface area contributed by atoms with Crippen LogP contribution in [0.15, 0.2) is 30.3 Å². The van der Waals surface area contributed by atoms with E-state index in [2.05, 4.69) is 46.9 Å². The summed E-state index contributed by atoms with van der Waals surface area (Å²) < 4.78 is 1.27. The van der Waals surface area contributed by atoms with Crippen molar-refractivity contribution in [2.75, 3.05) is 7.05 Å². The molecule has 1 aromatic heterocycles. The maximum Gasteiger partial charge on any atom is 0.254 e. The molecule has 0 atom stereocenters. The number of amides is 1. The van der Waals surface area contributed by atoms with Crippen LogP contribution in [0.2, 0.25) is 0 Å². The summed E-state index contributed by atoms with van der Waals surface area (Å²) in [5, 5.41) is 0. The SMILES string of the molecule is CN1Cc2ccc(-c3ccc(I)s3)cc2C1=O. The maximum atomic E-state index is 11.9. The number of hydrogen-bond donors (Lipinski definition) is 0. The van der Waals surface area contributed by atoms with Crippen LogP contribution in [0.25, 0.3) is 10.4 Å². The van der Waals surface area contributed by atoms with Gasteiger partial charge in [-0.1, -0.05) is 12.1 Å². The normalized spacial score (nSPS) is 14.2. The fourth-order valence-electron chi connectivity index (χ4n) is 2.07. The molecule has 2 aromatic rings. The lowest BCUT2D eigenvalue weighted by Gasteiger charge is -2.04. The first kappa shape index (κ1) is 11.2. The first-order valence-electron chi connectivity index (χ1n) is 5.29. The molecule has 1 aliphatic heterocycles. The van der Waals surface area contributed by atoms with E-state index in [1.54, 1.807) is 16.2 Å². The van der Waals surface area contributed by atoms with Gasteiger partial charge in [-0.05, 0) is 51.9 Å². The van der Waals surface area contributed by atoms with Crippen LogP contribution in [0.1, 0.15) is 15.9 Å². The maximum absolute atomic E-state index is 11.9. The summed E-state index contributed by atoms with van der Waals surface area (Å²) in [5.74, 6) is 0.133. The van der Waals surface area contributed by atoms with Gasteiger partial charge in [-0.2, -0.15) is 0 Å². The second-order valence-corrected chi connectivity index (χ2v) is 7.11. The molecule has 1 aliphatic rings. The molecule has 2 heterocycles. The molecule has 0 N–H and O–H groups in total. The van der Waals surface area contributed by atoms with Crippen LogP contribution >= 0.6 is 33.9 Å². The highest BCUT2D eigenvalue weighted by molar-refractivity contribution is 14.1. The summed E-state index contributed by atoms with van der Waals surface area (Å²) in [7, 11) is 1.84. The first-order chi connectivity index (χ1) is 8.15. The number of fused-ring (bicyclic) bond motifs is 1. The van der Waals surface area contributed by atoms with Crippen LogP contribution in [0.4, 0.5) is 0 Å². The molecule has 0 aliphatic carbocycles. The second kappa shape index (κ2) is 4.10. The van der Waals surface area contributed by atoms with Crippen molar-refractivity contribution in [3.05, 3.63) is 44.3 Å². The number of halogens is 1. The minimum Gasteiger partial charge on any atom is -0.337 e. The van der Waals surface area contributed by atoms with Crippen molar-refractivity contribution in [2.45, 2.75) is 6.54 Å². The zero-order chi connectivity index (χ0) is 12.0. The third kappa shape index (κ3) is 1.89. The Kier molecular flexibility index (Phi) is 2.71. The molecular weight excluding hydrogens is 345 g/mol. The Morgan fingerprint density at radius 2 is 2.12 bits per heavy atom. The zero-order valence-corrected chi connectivity index (χ0v) is 12.2. The molecule has 1 amide bonds. The minimum atomic E-state index is 0.133. The Hall–Kier alpha value is -0.880. The molecule has 1 aromatic carbocycles. The van der Waals surface area contributed by atoms with Crippen molar-refractivity contribution in [1.82, 2.24) is 4.90 Å². The van der Waals surface area contributed by atoms with E-state index >= 15 is 0 Å². The van der Waals surface area contributed by atoms with Crippen LogP contribution < -0.4 is 0 Å². The molecule has 3 rings (SSSR count). The van der Waals surface area contributed by atoms with Gasteiger partial charge in [0.2, 0.25) is 0 Å². The van der Waals surface area contributed by atoms with Crippen molar-refractivity contribution in [3.8, 4) is 10.4 Å². The van der Waals surface area contributed by atoms with Gasteiger partial charge in [0.1, 0.15) is 0 Å². The van der Waals surface area contributed by atoms with Crippen LogP contribution in [0.3, 0.4) is 0 Å². The number of rotatable bonds is 1. The average molecular weight is 355 g/mol. The number of carbonyl (C=O) groups is 1. The van der Waals surface area contributed by atoms with Crippen molar-refractivity contribution >= 4 is 39.8 Å². The van der Waals surface area contributed by atoms with Crippen LogP contribution in [-0.4, -0.2) is 17.9 Å². The smallest absolute Gasteiger partial charge is 0.254 e. The van der Waals surface area contributed by atoms with E-state index in [-0.39, 0.29) is 5.91 Å². The molecule has 17 heavy (non-hydrogen) atoms. The van der Waals surface area contributed by atoms with Crippen molar-refractivity contribution < 1.29 is 4.79 Å². The van der Waals surface area contributed by atoms with Gasteiger partial charge < -0.3 is 4.90 Å². The number of benzene rings is 1. The zero-order valence-electron chi connectivity index (χ0n) is 9.24. The third-order valence-corrected chi connectivity index (χ3v) is 4.90. The van der Waals surface area contributed by atoms with E-state index in [1.807, 2.05) is 13.1 Å². The predicted octanol–water partition coefficient (Wildman–Crippen LogP) is 3.61. The summed E-state index contributed by atoms with van der Waals surface area (Å²) in [5.41, 5.74) is 3.13. The highest BCUT2D eigenvalue weighted by Gasteiger charge is 2.24. The number of thiophene rings is 1. The lowest BCUT2D eigenvalue weighted by atomic mass is 10.1. The number of hydrogen-bond acceptors (Lipinski definition) is 2. The molecule has 86 valence electrons. The summed E-state index contributed by atoms with van der Waals surface area (Å²) >= 11 is 4.07. The average Bonchev–Trinajstić information content (AvgIpc) is 2.85. The van der Waals surface area contributed by atoms with Crippen LogP contribution in [0, 0.1) is 2.88 Å². The summed E-state index contributed by atoms with van der Waals surface area (Å²) in [4.78, 5) is 14.9. The quantitative estimate of drug-likeness (QED) is 0.716. The van der Waals surface area contributed by atoms with E-state index < -0.39 is 0 Å². The Morgan fingerprint density at radius 1 is 1.29 bits per heavy atom. The lowest BCUT2D eigenvalue weighted by molar-refractivity contribution is 0.0816. The van der Waals surface area contributed by atoms with E-state index in [1.165, 1.54) is 7.76 Å². The van der Waals surface area contributed by atoms with E-state index in [9.17, 15) is 4.79 Å². The molecule has 0 spiro atoms. The number of nitrogens with zero attached hydrogens (tertiary/aromatic N) is 1. The highest BCUT2D eigenvalue weighted by atomic mass is 127. The summed E-state index contributed by atoms with van der Waals surface area (Å²) in [6, 6.07) is 10.4. The van der Waals surface area contributed by atoms with Gasteiger partial charge in [0, 0.05) is 24.0 Å². The third-order valence-electron chi connectivity index (χ3n) is 2.95. The van der Waals surface area contributed by atoms with Crippen molar-refractivity contribution in [1.29, 1.82) is 0 Å². The van der Waals surface area contributed by atoms with Gasteiger partial charge in [0.05, 0.1) is 2.88 Å². The molecule has 0 bridgehead atoms. The Bertz CT molecular complexity index is 605. The Balaban J connectivity index is 2.08. The van der Waals surface area contributed by atoms with Gasteiger partial charge in [0.15, 0.2) is 0 Å². The molecule has 2 nitrogen and oxygen atoms in total. The fraction of sp³-hybridized carbons (Fsp3) is 0.154.